The fourth-order valence-corrected chi connectivity index (χ4v) is 1.53. The zero-order valence-corrected chi connectivity index (χ0v) is 6.57. The summed E-state index contributed by atoms with van der Waals surface area (Å²) in [7, 11) is 1.48. The van der Waals surface area contributed by atoms with Crippen LogP contribution >= 0.6 is 0 Å². The van der Waals surface area contributed by atoms with E-state index in [-0.39, 0.29) is 19.4 Å². The van der Waals surface area contributed by atoms with E-state index in [0.29, 0.717) is 6.42 Å². The Balaban J connectivity index is 2.51. The van der Waals surface area contributed by atoms with Crippen molar-refractivity contribution in [3.8, 4) is 0 Å². The first kappa shape index (κ1) is 8.87. The molecule has 0 spiro atoms. The Labute approximate surface area is 64.7 Å². The number of hydrogen-bond acceptors (Lipinski definition) is 2. The lowest BCUT2D eigenvalue weighted by Crippen LogP contribution is -2.42. The summed E-state index contributed by atoms with van der Waals surface area (Å²) in [6, 6.07) is 0. The van der Waals surface area contributed by atoms with Gasteiger partial charge in [0.25, 0.3) is 0 Å². The Morgan fingerprint density at radius 3 is 2.45 bits per heavy atom. The van der Waals surface area contributed by atoms with Crippen LogP contribution in [0.3, 0.4) is 0 Å². The molecule has 1 unspecified atom stereocenters. The summed E-state index contributed by atoms with van der Waals surface area (Å²) in [5.41, 5.74) is 4.85. The highest BCUT2D eigenvalue weighted by atomic mass is 19.3. The molecule has 66 valence electrons. The molecule has 0 aromatic carbocycles. The van der Waals surface area contributed by atoms with Crippen molar-refractivity contribution >= 4 is 0 Å². The monoisotopic (exact) mass is 165 g/mol. The molecule has 0 aromatic heterocycles. The van der Waals surface area contributed by atoms with Crippen molar-refractivity contribution in [2.24, 2.45) is 5.73 Å². The number of rotatable bonds is 2. The number of ether oxygens (including phenoxy) is 1. The summed E-state index contributed by atoms with van der Waals surface area (Å²) in [6.45, 7) is 0.225. The Morgan fingerprint density at radius 1 is 1.45 bits per heavy atom. The van der Waals surface area contributed by atoms with Gasteiger partial charge in [0.15, 0.2) is 0 Å². The van der Waals surface area contributed by atoms with Crippen LogP contribution in [0, 0.1) is 0 Å². The second kappa shape index (κ2) is 2.68. The van der Waals surface area contributed by atoms with Gasteiger partial charge in [0.2, 0.25) is 5.92 Å². The van der Waals surface area contributed by atoms with Gasteiger partial charge in [0.1, 0.15) is 0 Å². The molecule has 0 radical (unpaired) electrons. The van der Waals surface area contributed by atoms with Crippen LogP contribution in [0.1, 0.15) is 19.3 Å². The van der Waals surface area contributed by atoms with Gasteiger partial charge in [-0.3, -0.25) is 0 Å². The predicted octanol–water partition coefficient (Wildman–Crippen LogP) is 1.15. The quantitative estimate of drug-likeness (QED) is 0.666. The first-order valence-corrected chi connectivity index (χ1v) is 3.63. The van der Waals surface area contributed by atoms with Gasteiger partial charge >= 0.3 is 0 Å². The van der Waals surface area contributed by atoms with E-state index in [1.807, 2.05) is 0 Å². The van der Waals surface area contributed by atoms with Gasteiger partial charge in [-0.05, 0) is 6.42 Å². The SMILES string of the molecule is COCC1(N)CCC(F)(F)C1. The molecule has 1 aliphatic carbocycles. The summed E-state index contributed by atoms with van der Waals surface area (Å²) in [4.78, 5) is 0. The molecule has 0 aromatic rings. The highest BCUT2D eigenvalue weighted by Gasteiger charge is 2.47. The maximum atomic E-state index is 12.6. The molecule has 11 heavy (non-hydrogen) atoms. The van der Waals surface area contributed by atoms with E-state index in [1.54, 1.807) is 0 Å². The summed E-state index contributed by atoms with van der Waals surface area (Å²) >= 11 is 0. The topological polar surface area (TPSA) is 35.2 Å². The molecule has 0 amide bonds. The molecule has 2 N–H and O–H groups in total. The predicted molar refractivity (Wildman–Crippen MR) is 37.6 cm³/mol. The third-order valence-corrected chi connectivity index (χ3v) is 2.03. The lowest BCUT2D eigenvalue weighted by atomic mass is 10.0. The number of halogens is 2. The fraction of sp³-hybridized carbons (Fsp3) is 1.00. The molecule has 0 heterocycles. The molecule has 2 nitrogen and oxygen atoms in total. The molecule has 0 aliphatic heterocycles. The summed E-state index contributed by atoms with van der Waals surface area (Å²) in [5, 5.41) is 0. The second-order valence-corrected chi connectivity index (χ2v) is 3.33. The van der Waals surface area contributed by atoms with Gasteiger partial charge in [0, 0.05) is 25.5 Å². The van der Waals surface area contributed by atoms with Crippen LogP contribution in [0.15, 0.2) is 0 Å². The van der Waals surface area contributed by atoms with E-state index in [9.17, 15) is 8.78 Å². The smallest absolute Gasteiger partial charge is 0.250 e. The second-order valence-electron chi connectivity index (χ2n) is 3.33. The molecule has 0 saturated heterocycles. The molecule has 1 aliphatic rings. The zero-order valence-electron chi connectivity index (χ0n) is 6.57. The van der Waals surface area contributed by atoms with Crippen LogP contribution in [0.2, 0.25) is 0 Å². The minimum Gasteiger partial charge on any atom is -0.383 e. The molecule has 1 atom stereocenters. The zero-order chi connectivity index (χ0) is 8.54. The molecule has 1 fully saturated rings. The Hall–Kier alpha value is -0.220. The highest BCUT2D eigenvalue weighted by molar-refractivity contribution is 4.97. The first-order chi connectivity index (χ1) is 4.97. The van der Waals surface area contributed by atoms with Gasteiger partial charge < -0.3 is 10.5 Å². The van der Waals surface area contributed by atoms with Crippen molar-refractivity contribution in [3.05, 3.63) is 0 Å². The van der Waals surface area contributed by atoms with Gasteiger partial charge in [-0.2, -0.15) is 0 Å². The van der Waals surface area contributed by atoms with E-state index >= 15 is 0 Å². The molecule has 1 rings (SSSR count). The lowest BCUT2D eigenvalue weighted by molar-refractivity contribution is -0.00241. The fourth-order valence-electron chi connectivity index (χ4n) is 1.53. The van der Waals surface area contributed by atoms with Crippen molar-refractivity contribution in [2.45, 2.75) is 30.7 Å². The Morgan fingerprint density at radius 2 is 2.09 bits per heavy atom. The summed E-state index contributed by atoms with van der Waals surface area (Å²) in [5.74, 6) is -2.58. The highest BCUT2D eigenvalue weighted by Crippen LogP contribution is 2.40. The minimum absolute atomic E-state index is 0.104. The summed E-state index contributed by atoms with van der Waals surface area (Å²) < 4.78 is 30.0. The lowest BCUT2D eigenvalue weighted by Gasteiger charge is -2.22. The maximum Gasteiger partial charge on any atom is 0.250 e. The van der Waals surface area contributed by atoms with Crippen molar-refractivity contribution in [3.63, 3.8) is 0 Å². The summed E-state index contributed by atoms with van der Waals surface area (Å²) in [6.07, 6.45) is 0.00847. The average molecular weight is 165 g/mol. The van der Waals surface area contributed by atoms with Crippen LogP contribution in [-0.4, -0.2) is 25.2 Å². The van der Waals surface area contributed by atoms with Crippen molar-refractivity contribution in [1.82, 2.24) is 0 Å². The van der Waals surface area contributed by atoms with Crippen LogP contribution in [0.5, 0.6) is 0 Å². The van der Waals surface area contributed by atoms with E-state index in [1.165, 1.54) is 7.11 Å². The van der Waals surface area contributed by atoms with Crippen LogP contribution < -0.4 is 5.73 Å². The van der Waals surface area contributed by atoms with Crippen molar-refractivity contribution in [1.29, 1.82) is 0 Å². The van der Waals surface area contributed by atoms with Crippen molar-refractivity contribution in [2.75, 3.05) is 13.7 Å². The molecular formula is C7H13F2NO. The Bertz CT molecular complexity index is 151. The number of nitrogens with two attached hydrogens (primary N) is 1. The molecule has 1 saturated carbocycles. The number of alkyl halides is 2. The number of hydrogen-bond donors (Lipinski definition) is 1. The average Bonchev–Trinajstić information content (AvgIpc) is 2.07. The largest absolute Gasteiger partial charge is 0.383 e. The normalized spacial score (nSPS) is 36.0. The van der Waals surface area contributed by atoms with Gasteiger partial charge in [0.05, 0.1) is 6.61 Å². The van der Waals surface area contributed by atoms with Gasteiger partial charge in [-0.25, -0.2) is 8.78 Å². The van der Waals surface area contributed by atoms with Crippen molar-refractivity contribution < 1.29 is 13.5 Å². The standard InChI is InChI=1S/C7H13F2NO/c1-11-5-6(10)2-3-7(8,9)4-6/h2-5,10H2,1H3. The number of methoxy groups -OCH3 is 1. The minimum atomic E-state index is -2.58. The molecule has 0 bridgehead atoms. The van der Waals surface area contributed by atoms with E-state index in [2.05, 4.69) is 0 Å². The van der Waals surface area contributed by atoms with E-state index in [4.69, 9.17) is 10.5 Å². The maximum absolute atomic E-state index is 12.6. The first-order valence-electron chi connectivity index (χ1n) is 3.63. The molecular weight excluding hydrogens is 152 g/mol. The van der Waals surface area contributed by atoms with E-state index in [0.717, 1.165) is 0 Å². The van der Waals surface area contributed by atoms with Gasteiger partial charge in [-0.15, -0.1) is 0 Å². The van der Waals surface area contributed by atoms with Crippen LogP contribution in [-0.2, 0) is 4.74 Å². The Kier molecular flexibility index (Phi) is 2.16. The van der Waals surface area contributed by atoms with Gasteiger partial charge in [-0.1, -0.05) is 0 Å². The third-order valence-electron chi connectivity index (χ3n) is 2.03. The van der Waals surface area contributed by atoms with E-state index < -0.39 is 11.5 Å². The molecule has 4 heteroatoms. The third kappa shape index (κ3) is 2.10. The van der Waals surface area contributed by atoms with Crippen LogP contribution in [0.4, 0.5) is 8.78 Å². The van der Waals surface area contributed by atoms with Crippen LogP contribution in [0.25, 0.3) is 0 Å².